The quantitative estimate of drug-likeness (QED) is 0.157. The highest BCUT2D eigenvalue weighted by atomic mass is 35.5. The summed E-state index contributed by atoms with van der Waals surface area (Å²) >= 11 is 5.84. The molecular weight excluding hydrogens is 458 g/mol. The molecule has 0 radical (unpaired) electrons. The van der Waals surface area contributed by atoms with Crippen molar-refractivity contribution in [3.63, 3.8) is 0 Å². The highest BCUT2D eigenvalue weighted by Gasteiger charge is 2.32. The van der Waals surface area contributed by atoms with Gasteiger partial charge >= 0.3 is 10.1 Å². The first-order chi connectivity index (χ1) is 15.0. The summed E-state index contributed by atoms with van der Waals surface area (Å²) in [6, 6.07) is 9.52. The highest BCUT2D eigenvalue weighted by molar-refractivity contribution is 7.87. The van der Waals surface area contributed by atoms with Gasteiger partial charge in [-0.05, 0) is 38.1 Å². The number of hydrogen-bond donors (Lipinski definition) is 0. The van der Waals surface area contributed by atoms with E-state index in [1.807, 2.05) is 0 Å². The predicted octanol–water partition coefficient (Wildman–Crippen LogP) is 4.25. The lowest BCUT2D eigenvalue weighted by Crippen LogP contribution is -2.16. The van der Waals surface area contributed by atoms with Gasteiger partial charge in [-0.2, -0.15) is 13.5 Å². The molecule has 0 N–H and O–H groups in total. The third-order valence-electron chi connectivity index (χ3n) is 4.51. The van der Waals surface area contributed by atoms with Gasteiger partial charge in [0.1, 0.15) is 16.0 Å². The topological polar surface area (TPSA) is 121 Å². The second-order valence-electron chi connectivity index (χ2n) is 6.83. The second-order valence-corrected chi connectivity index (χ2v) is 8.82. The number of nitro benzene ring substituents is 1. The zero-order valence-electron chi connectivity index (χ0n) is 17.1. The van der Waals surface area contributed by atoms with Crippen molar-refractivity contribution in [3.8, 4) is 5.88 Å². The number of carbonyl (C=O) groups excluding carboxylic acids is 1. The lowest BCUT2D eigenvalue weighted by molar-refractivity contribution is -0.385. The molecule has 9 nitrogen and oxygen atoms in total. The Hall–Kier alpha value is -3.50. The van der Waals surface area contributed by atoms with Crippen LogP contribution in [-0.4, -0.2) is 28.9 Å². The van der Waals surface area contributed by atoms with Crippen molar-refractivity contribution < 1.29 is 22.3 Å². The molecule has 0 saturated heterocycles. The minimum atomic E-state index is -4.33. The van der Waals surface area contributed by atoms with Crippen LogP contribution in [-0.2, 0) is 16.7 Å². The summed E-state index contributed by atoms with van der Waals surface area (Å²) in [6.07, 6.45) is 1.44. The molecule has 0 fully saturated rings. The first-order valence-electron chi connectivity index (χ1n) is 9.23. The van der Waals surface area contributed by atoms with E-state index < -0.39 is 26.5 Å². The molecule has 2 aromatic carbocycles. The zero-order valence-corrected chi connectivity index (χ0v) is 18.7. The largest absolute Gasteiger partial charge is 0.358 e. The fraction of sp³-hybridized carbons (Fsp3) is 0.143. The number of aromatic nitrogens is 2. The van der Waals surface area contributed by atoms with Gasteiger partial charge in [0.2, 0.25) is 11.7 Å². The van der Waals surface area contributed by atoms with E-state index in [2.05, 4.69) is 11.7 Å². The minimum absolute atomic E-state index is 0.0373. The van der Waals surface area contributed by atoms with Crippen LogP contribution in [0.3, 0.4) is 0 Å². The molecule has 0 spiro atoms. The third kappa shape index (κ3) is 4.56. The molecule has 11 heteroatoms. The van der Waals surface area contributed by atoms with Gasteiger partial charge in [-0.15, -0.1) is 6.58 Å². The SMILES string of the molecule is C=CCn1nc(C)c(C(=O)c2ccc(Cl)cc2[N+](=O)[O-])c1OS(=O)(=O)c1ccc(C)cc1. The van der Waals surface area contributed by atoms with Crippen molar-refractivity contribution >= 4 is 33.2 Å². The van der Waals surface area contributed by atoms with E-state index in [1.165, 1.54) is 37.3 Å². The minimum Gasteiger partial charge on any atom is -0.358 e. The van der Waals surface area contributed by atoms with Crippen LogP contribution in [0.2, 0.25) is 5.02 Å². The number of benzene rings is 2. The number of nitro groups is 1. The normalized spacial score (nSPS) is 11.2. The first-order valence-corrected chi connectivity index (χ1v) is 11.0. The molecule has 32 heavy (non-hydrogen) atoms. The van der Waals surface area contributed by atoms with Crippen LogP contribution in [0.15, 0.2) is 60.0 Å². The fourth-order valence-corrected chi connectivity index (χ4v) is 4.10. The van der Waals surface area contributed by atoms with Gasteiger partial charge in [-0.3, -0.25) is 14.9 Å². The summed E-state index contributed by atoms with van der Waals surface area (Å²) in [4.78, 5) is 23.9. The number of halogens is 1. The lowest BCUT2D eigenvalue weighted by atomic mass is 10.0. The summed E-state index contributed by atoms with van der Waals surface area (Å²) in [5.41, 5.74) is -0.0329. The van der Waals surface area contributed by atoms with Crippen LogP contribution in [0.4, 0.5) is 5.69 Å². The number of nitrogens with zero attached hydrogens (tertiary/aromatic N) is 3. The Morgan fingerprint density at radius 1 is 1.25 bits per heavy atom. The maximum absolute atomic E-state index is 13.3. The number of carbonyl (C=O) groups is 1. The van der Waals surface area contributed by atoms with Crippen LogP contribution in [0, 0.1) is 24.0 Å². The number of rotatable bonds is 8. The Kier molecular flexibility index (Phi) is 6.47. The van der Waals surface area contributed by atoms with E-state index in [0.29, 0.717) is 0 Å². The fourth-order valence-electron chi connectivity index (χ4n) is 2.99. The summed E-state index contributed by atoms with van der Waals surface area (Å²) in [5, 5.41) is 15.7. The molecule has 1 heterocycles. The molecule has 0 bridgehead atoms. The standard InChI is InChI=1S/C21H18ClN3O6S/c1-4-11-24-21(31-32(29,30)16-8-5-13(2)6-9-16)19(14(3)23-24)20(26)17-10-7-15(22)12-18(17)25(27)28/h4-10,12H,1,11H2,2-3H3. The molecule has 0 aliphatic rings. The van der Waals surface area contributed by atoms with Crippen molar-refractivity contribution in [1.82, 2.24) is 9.78 Å². The van der Waals surface area contributed by atoms with Crippen LogP contribution in [0.5, 0.6) is 5.88 Å². The van der Waals surface area contributed by atoms with Crippen molar-refractivity contribution in [2.75, 3.05) is 0 Å². The molecule has 1 aromatic heterocycles. The van der Waals surface area contributed by atoms with Crippen LogP contribution < -0.4 is 4.18 Å². The monoisotopic (exact) mass is 475 g/mol. The number of allylic oxidation sites excluding steroid dienone is 1. The van der Waals surface area contributed by atoms with Gasteiger partial charge in [-0.25, -0.2) is 4.68 Å². The average molecular weight is 476 g/mol. The molecule has 0 atom stereocenters. The molecule has 0 amide bonds. The lowest BCUT2D eigenvalue weighted by Gasteiger charge is -2.11. The Bertz CT molecular complexity index is 1330. The van der Waals surface area contributed by atoms with Crippen molar-refractivity contribution in [2.24, 2.45) is 0 Å². The van der Waals surface area contributed by atoms with Gasteiger partial charge in [0.15, 0.2) is 0 Å². The maximum Gasteiger partial charge on any atom is 0.340 e. The number of ketones is 1. The zero-order chi connectivity index (χ0) is 23.6. The average Bonchev–Trinajstić information content (AvgIpc) is 3.02. The van der Waals surface area contributed by atoms with Gasteiger partial charge in [0.25, 0.3) is 5.69 Å². The smallest absolute Gasteiger partial charge is 0.340 e. The predicted molar refractivity (Wildman–Crippen MR) is 118 cm³/mol. The van der Waals surface area contributed by atoms with Crippen molar-refractivity contribution in [3.05, 3.63) is 92.6 Å². The Balaban J connectivity index is 2.16. The maximum atomic E-state index is 13.3. The van der Waals surface area contributed by atoms with Crippen molar-refractivity contribution in [1.29, 1.82) is 0 Å². The van der Waals surface area contributed by atoms with Crippen LogP contribution >= 0.6 is 11.6 Å². The number of aryl methyl sites for hydroxylation is 2. The van der Waals surface area contributed by atoms with E-state index in [4.69, 9.17) is 15.8 Å². The molecule has 3 rings (SSSR count). The Morgan fingerprint density at radius 2 is 1.91 bits per heavy atom. The highest BCUT2D eigenvalue weighted by Crippen LogP contribution is 2.32. The molecule has 0 aliphatic carbocycles. The molecule has 166 valence electrons. The molecule has 0 unspecified atom stereocenters. The van der Waals surface area contributed by atoms with E-state index in [-0.39, 0.29) is 39.2 Å². The Labute approximate surface area is 189 Å². The van der Waals surface area contributed by atoms with E-state index in [9.17, 15) is 23.3 Å². The molecule has 0 saturated carbocycles. The second kappa shape index (κ2) is 8.93. The van der Waals surface area contributed by atoms with Gasteiger partial charge in [0.05, 0.1) is 17.2 Å². The van der Waals surface area contributed by atoms with Gasteiger partial charge < -0.3 is 4.18 Å². The van der Waals surface area contributed by atoms with Gasteiger partial charge in [-0.1, -0.05) is 35.4 Å². The summed E-state index contributed by atoms with van der Waals surface area (Å²) in [7, 11) is -4.33. The van der Waals surface area contributed by atoms with Crippen LogP contribution in [0.25, 0.3) is 0 Å². The van der Waals surface area contributed by atoms with E-state index >= 15 is 0 Å². The molecular formula is C21H18ClN3O6S. The third-order valence-corrected chi connectivity index (χ3v) is 5.97. The summed E-state index contributed by atoms with van der Waals surface area (Å²) in [6.45, 7) is 6.91. The van der Waals surface area contributed by atoms with E-state index in [1.54, 1.807) is 19.1 Å². The summed E-state index contributed by atoms with van der Waals surface area (Å²) in [5.74, 6) is -1.19. The molecule has 3 aromatic rings. The number of hydrogen-bond acceptors (Lipinski definition) is 7. The van der Waals surface area contributed by atoms with Crippen LogP contribution in [0.1, 0.15) is 27.2 Å². The van der Waals surface area contributed by atoms with Gasteiger partial charge in [0, 0.05) is 11.1 Å². The summed E-state index contributed by atoms with van der Waals surface area (Å²) < 4.78 is 32.3. The van der Waals surface area contributed by atoms with Crippen molar-refractivity contribution in [2.45, 2.75) is 25.3 Å². The van der Waals surface area contributed by atoms with E-state index in [0.717, 1.165) is 16.3 Å². The first kappa shape index (κ1) is 23.2. The Morgan fingerprint density at radius 3 is 2.50 bits per heavy atom. The molecule has 0 aliphatic heterocycles.